The molecule has 1 atom stereocenters. The summed E-state index contributed by atoms with van der Waals surface area (Å²) in [6.07, 6.45) is 3.74. The molecule has 0 aliphatic heterocycles. The average molecular weight is 311 g/mol. The number of hydrogen-bond donors (Lipinski definition) is 2. The van der Waals surface area contributed by atoms with Gasteiger partial charge >= 0.3 is 5.97 Å². The zero-order chi connectivity index (χ0) is 16.7. The molecule has 3 heteroatoms. The monoisotopic (exact) mass is 311 g/mol. The summed E-state index contributed by atoms with van der Waals surface area (Å²) in [6.45, 7) is 2.10. The molecule has 0 bridgehead atoms. The molecule has 0 aliphatic rings. The number of benzene rings is 2. The van der Waals surface area contributed by atoms with Crippen molar-refractivity contribution in [1.29, 1.82) is 0 Å². The minimum absolute atomic E-state index is 0.344. The Morgan fingerprint density at radius 2 is 1.70 bits per heavy atom. The number of carbonyl (C=O) groups is 1. The molecule has 0 fully saturated rings. The van der Waals surface area contributed by atoms with Crippen LogP contribution in [-0.4, -0.2) is 16.6 Å². The summed E-state index contributed by atoms with van der Waals surface area (Å²) >= 11 is 0. The van der Waals surface area contributed by atoms with E-state index in [9.17, 15) is 9.90 Å². The fourth-order valence-corrected chi connectivity index (χ4v) is 2.88. The van der Waals surface area contributed by atoms with Gasteiger partial charge in [0, 0.05) is 6.42 Å². The quantitative estimate of drug-likeness (QED) is 0.716. The van der Waals surface area contributed by atoms with Gasteiger partial charge in [-0.05, 0) is 23.1 Å². The van der Waals surface area contributed by atoms with E-state index >= 15 is 0 Å². The number of hydrogen-bond acceptors (Lipinski definition) is 2. The lowest BCUT2D eigenvalue weighted by Crippen LogP contribution is -2.50. The van der Waals surface area contributed by atoms with Crippen LogP contribution in [0.4, 0.5) is 0 Å². The van der Waals surface area contributed by atoms with Gasteiger partial charge in [-0.25, -0.2) is 0 Å². The van der Waals surface area contributed by atoms with Crippen molar-refractivity contribution in [3.8, 4) is 11.1 Å². The third-order valence-electron chi connectivity index (χ3n) is 4.26. The van der Waals surface area contributed by atoms with E-state index < -0.39 is 11.5 Å². The van der Waals surface area contributed by atoms with Crippen LogP contribution >= 0.6 is 0 Å². The highest BCUT2D eigenvalue weighted by atomic mass is 16.4. The second-order valence-corrected chi connectivity index (χ2v) is 6.12. The minimum atomic E-state index is -1.21. The Labute approximate surface area is 138 Å². The molecular formula is C20H25NO2. The second kappa shape index (κ2) is 7.93. The van der Waals surface area contributed by atoms with Crippen LogP contribution in [0.2, 0.25) is 0 Å². The van der Waals surface area contributed by atoms with Gasteiger partial charge in [0.15, 0.2) is 0 Å². The Balaban J connectivity index is 2.29. The maximum atomic E-state index is 11.7. The lowest BCUT2D eigenvalue weighted by molar-refractivity contribution is -0.143. The third kappa shape index (κ3) is 4.42. The first-order chi connectivity index (χ1) is 11.1. The summed E-state index contributed by atoms with van der Waals surface area (Å²) in [6, 6.07) is 17.9. The molecule has 0 saturated heterocycles. The van der Waals surface area contributed by atoms with Crippen molar-refractivity contribution >= 4 is 5.97 Å². The SMILES string of the molecule is CCCCCC(N)(Cc1ccccc1-c1ccccc1)C(=O)O. The van der Waals surface area contributed by atoms with E-state index in [1.54, 1.807) is 0 Å². The van der Waals surface area contributed by atoms with Crippen LogP contribution in [0.25, 0.3) is 11.1 Å². The van der Waals surface area contributed by atoms with Gasteiger partial charge in [-0.3, -0.25) is 4.79 Å². The highest BCUT2D eigenvalue weighted by Gasteiger charge is 2.34. The van der Waals surface area contributed by atoms with Gasteiger partial charge in [-0.2, -0.15) is 0 Å². The first-order valence-corrected chi connectivity index (χ1v) is 8.22. The van der Waals surface area contributed by atoms with E-state index in [1.165, 1.54) is 0 Å². The molecule has 0 aromatic heterocycles. The maximum absolute atomic E-state index is 11.7. The first kappa shape index (κ1) is 17.2. The number of carboxylic acids is 1. The Kier molecular flexibility index (Phi) is 5.94. The van der Waals surface area contributed by atoms with Crippen molar-refractivity contribution in [1.82, 2.24) is 0 Å². The summed E-state index contributed by atoms with van der Waals surface area (Å²) in [5.74, 6) is -0.920. The van der Waals surface area contributed by atoms with Gasteiger partial charge in [0.25, 0.3) is 0 Å². The second-order valence-electron chi connectivity index (χ2n) is 6.12. The zero-order valence-electron chi connectivity index (χ0n) is 13.7. The standard InChI is InChI=1S/C20H25NO2/c1-2-3-9-14-20(21,19(22)23)15-17-12-7-8-13-18(17)16-10-5-4-6-11-16/h4-8,10-13H,2-3,9,14-15,21H2,1H3,(H,22,23). The fourth-order valence-electron chi connectivity index (χ4n) is 2.88. The molecule has 0 heterocycles. The first-order valence-electron chi connectivity index (χ1n) is 8.22. The van der Waals surface area contributed by atoms with Crippen LogP contribution in [0.15, 0.2) is 54.6 Å². The highest BCUT2D eigenvalue weighted by Crippen LogP contribution is 2.28. The van der Waals surface area contributed by atoms with E-state index in [2.05, 4.69) is 6.92 Å². The molecule has 3 nitrogen and oxygen atoms in total. The van der Waals surface area contributed by atoms with Crippen LogP contribution in [0, 0.1) is 0 Å². The molecule has 0 aliphatic carbocycles. The molecular weight excluding hydrogens is 286 g/mol. The minimum Gasteiger partial charge on any atom is -0.480 e. The number of aliphatic carboxylic acids is 1. The maximum Gasteiger partial charge on any atom is 0.324 e. The summed E-state index contributed by atoms with van der Waals surface area (Å²) in [5.41, 5.74) is 8.18. The van der Waals surface area contributed by atoms with E-state index in [1.807, 2.05) is 54.6 Å². The van der Waals surface area contributed by atoms with Gasteiger partial charge in [-0.1, -0.05) is 80.8 Å². The molecule has 1 unspecified atom stereocenters. The van der Waals surface area contributed by atoms with Crippen molar-refractivity contribution in [2.75, 3.05) is 0 Å². The topological polar surface area (TPSA) is 63.3 Å². The summed E-state index contributed by atoms with van der Waals surface area (Å²) in [5, 5.41) is 9.63. The molecule has 2 aromatic carbocycles. The smallest absolute Gasteiger partial charge is 0.324 e. The van der Waals surface area contributed by atoms with Crippen molar-refractivity contribution in [3.05, 3.63) is 60.2 Å². The Bertz CT molecular complexity index is 639. The summed E-state index contributed by atoms with van der Waals surface area (Å²) < 4.78 is 0. The molecule has 0 radical (unpaired) electrons. The largest absolute Gasteiger partial charge is 0.480 e. The zero-order valence-corrected chi connectivity index (χ0v) is 13.7. The average Bonchev–Trinajstić information content (AvgIpc) is 2.56. The lowest BCUT2D eigenvalue weighted by Gasteiger charge is -2.26. The van der Waals surface area contributed by atoms with E-state index in [-0.39, 0.29) is 0 Å². The van der Waals surface area contributed by atoms with Crippen LogP contribution in [-0.2, 0) is 11.2 Å². The molecule has 2 rings (SSSR count). The van der Waals surface area contributed by atoms with E-state index in [4.69, 9.17) is 5.73 Å². The third-order valence-corrected chi connectivity index (χ3v) is 4.26. The number of carboxylic acid groups (broad SMARTS) is 1. The van der Waals surface area contributed by atoms with Crippen molar-refractivity contribution in [2.45, 2.75) is 44.6 Å². The van der Waals surface area contributed by atoms with Gasteiger partial charge in [0.1, 0.15) is 5.54 Å². The van der Waals surface area contributed by atoms with Crippen LogP contribution in [0.5, 0.6) is 0 Å². The molecule has 122 valence electrons. The molecule has 0 amide bonds. The van der Waals surface area contributed by atoms with Crippen LogP contribution in [0.3, 0.4) is 0 Å². The van der Waals surface area contributed by atoms with Crippen molar-refractivity contribution in [3.63, 3.8) is 0 Å². The molecule has 0 saturated carbocycles. The normalized spacial score (nSPS) is 13.5. The number of unbranched alkanes of at least 4 members (excludes halogenated alkanes) is 2. The molecule has 23 heavy (non-hydrogen) atoms. The molecule has 0 spiro atoms. The van der Waals surface area contributed by atoms with Gasteiger partial charge < -0.3 is 10.8 Å². The number of rotatable bonds is 8. The molecule has 3 N–H and O–H groups in total. The molecule has 2 aromatic rings. The van der Waals surface area contributed by atoms with Gasteiger partial charge in [-0.15, -0.1) is 0 Å². The highest BCUT2D eigenvalue weighted by molar-refractivity contribution is 5.80. The predicted octanol–water partition coefficient (Wildman–Crippen LogP) is 4.26. The van der Waals surface area contributed by atoms with Crippen molar-refractivity contribution in [2.24, 2.45) is 5.73 Å². The predicted molar refractivity (Wildman–Crippen MR) is 94.3 cm³/mol. The Morgan fingerprint density at radius 3 is 2.35 bits per heavy atom. The van der Waals surface area contributed by atoms with Crippen LogP contribution in [0.1, 0.15) is 38.2 Å². The Morgan fingerprint density at radius 1 is 1.04 bits per heavy atom. The van der Waals surface area contributed by atoms with Gasteiger partial charge in [0.2, 0.25) is 0 Å². The van der Waals surface area contributed by atoms with Crippen molar-refractivity contribution < 1.29 is 9.90 Å². The Hall–Kier alpha value is -2.13. The van der Waals surface area contributed by atoms with E-state index in [0.717, 1.165) is 36.0 Å². The number of nitrogens with two attached hydrogens (primary N) is 1. The fraction of sp³-hybridized carbons (Fsp3) is 0.350. The van der Waals surface area contributed by atoms with E-state index in [0.29, 0.717) is 12.8 Å². The van der Waals surface area contributed by atoms with Gasteiger partial charge in [0.05, 0.1) is 0 Å². The summed E-state index contributed by atoms with van der Waals surface area (Å²) in [4.78, 5) is 11.7. The summed E-state index contributed by atoms with van der Waals surface area (Å²) in [7, 11) is 0. The lowest BCUT2D eigenvalue weighted by atomic mass is 9.84. The van der Waals surface area contributed by atoms with Crippen LogP contribution < -0.4 is 5.73 Å².